The molecule has 3 N–H and O–H groups in total. The number of carbonyl (C=O) groups excluding carboxylic acids is 1. The standard InChI is InChI=1S/C17H14ClN3OS/c1-10-7-8-12(18)9-13(10)20-17-21-16(19)15(23-17)14(22)11-5-3-2-4-6-11/h2-9H,19H2,1H3,(H,20,21). The van der Waals surface area contributed by atoms with Crippen LogP contribution in [0.5, 0.6) is 0 Å². The van der Waals surface area contributed by atoms with Gasteiger partial charge in [0.05, 0.1) is 0 Å². The summed E-state index contributed by atoms with van der Waals surface area (Å²) in [5.74, 6) is 0.0995. The summed E-state index contributed by atoms with van der Waals surface area (Å²) < 4.78 is 0. The fourth-order valence-corrected chi connectivity index (χ4v) is 3.14. The molecule has 0 spiro atoms. The zero-order valence-electron chi connectivity index (χ0n) is 12.3. The first kappa shape index (κ1) is 15.5. The molecule has 0 bridgehead atoms. The number of nitrogens with two attached hydrogens (primary N) is 1. The fourth-order valence-electron chi connectivity index (χ4n) is 2.11. The molecule has 0 unspecified atom stereocenters. The van der Waals surface area contributed by atoms with Crippen LogP contribution in [0.25, 0.3) is 0 Å². The normalized spacial score (nSPS) is 10.5. The van der Waals surface area contributed by atoms with Gasteiger partial charge in [-0.2, -0.15) is 0 Å². The van der Waals surface area contributed by atoms with E-state index in [1.807, 2.05) is 43.3 Å². The molecule has 6 heteroatoms. The average Bonchev–Trinajstić information content (AvgIpc) is 2.91. The van der Waals surface area contributed by atoms with Crippen molar-refractivity contribution in [2.45, 2.75) is 6.92 Å². The number of rotatable bonds is 4. The first-order valence-electron chi connectivity index (χ1n) is 6.94. The molecule has 0 aliphatic heterocycles. The Morgan fingerprint density at radius 3 is 2.70 bits per heavy atom. The Bertz CT molecular complexity index is 862. The molecule has 23 heavy (non-hydrogen) atoms. The third kappa shape index (κ3) is 3.36. The first-order chi connectivity index (χ1) is 11.0. The molecule has 0 amide bonds. The van der Waals surface area contributed by atoms with Gasteiger partial charge in [0, 0.05) is 16.3 Å². The number of nitrogens with one attached hydrogen (secondary N) is 1. The van der Waals surface area contributed by atoms with E-state index in [4.69, 9.17) is 17.3 Å². The summed E-state index contributed by atoms with van der Waals surface area (Å²) in [6, 6.07) is 14.6. The van der Waals surface area contributed by atoms with Gasteiger partial charge in [-0.3, -0.25) is 4.79 Å². The van der Waals surface area contributed by atoms with Gasteiger partial charge >= 0.3 is 0 Å². The van der Waals surface area contributed by atoms with E-state index in [1.54, 1.807) is 12.1 Å². The Morgan fingerprint density at radius 2 is 1.96 bits per heavy atom. The zero-order chi connectivity index (χ0) is 16.4. The minimum atomic E-state index is -0.128. The topological polar surface area (TPSA) is 68.0 Å². The highest BCUT2D eigenvalue weighted by atomic mass is 35.5. The Balaban J connectivity index is 1.89. The van der Waals surface area contributed by atoms with Gasteiger partial charge in [-0.25, -0.2) is 4.98 Å². The molecule has 1 heterocycles. The smallest absolute Gasteiger partial charge is 0.206 e. The summed E-state index contributed by atoms with van der Waals surface area (Å²) in [5, 5.41) is 4.36. The molecular weight excluding hydrogens is 330 g/mol. The SMILES string of the molecule is Cc1ccc(Cl)cc1Nc1nc(N)c(C(=O)c2ccccc2)s1. The molecule has 0 aliphatic carbocycles. The maximum atomic E-state index is 12.5. The molecule has 3 rings (SSSR count). The molecule has 116 valence electrons. The molecule has 0 saturated carbocycles. The highest BCUT2D eigenvalue weighted by Crippen LogP contribution is 2.31. The van der Waals surface area contributed by atoms with Crippen LogP contribution in [0.1, 0.15) is 20.8 Å². The quantitative estimate of drug-likeness (QED) is 0.676. The van der Waals surface area contributed by atoms with Crippen molar-refractivity contribution in [3.63, 3.8) is 0 Å². The molecule has 0 fully saturated rings. The molecule has 0 aliphatic rings. The number of carbonyl (C=O) groups is 1. The van der Waals surface area contributed by atoms with Gasteiger partial charge in [-0.05, 0) is 24.6 Å². The minimum Gasteiger partial charge on any atom is -0.382 e. The number of anilines is 3. The maximum Gasteiger partial charge on any atom is 0.206 e. The summed E-state index contributed by atoms with van der Waals surface area (Å²) in [5.41, 5.74) is 8.37. The Labute approximate surface area is 142 Å². The highest BCUT2D eigenvalue weighted by molar-refractivity contribution is 7.18. The van der Waals surface area contributed by atoms with Crippen LogP contribution in [-0.2, 0) is 0 Å². The average molecular weight is 344 g/mol. The van der Waals surface area contributed by atoms with Crippen LogP contribution in [-0.4, -0.2) is 10.8 Å². The largest absolute Gasteiger partial charge is 0.382 e. The van der Waals surface area contributed by atoms with Gasteiger partial charge in [-0.15, -0.1) is 0 Å². The van der Waals surface area contributed by atoms with Crippen LogP contribution < -0.4 is 11.1 Å². The lowest BCUT2D eigenvalue weighted by Gasteiger charge is -2.06. The van der Waals surface area contributed by atoms with Crippen LogP contribution >= 0.6 is 22.9 Å². The molecule has 0 radical (unpaired) electrons. The number of aromatic nitrogens is 1. The summed E-state index contributed by atoms with van der Waals surface area (Å²) in [6.07, 6.45) is 0. The number of hydrogen-bond acceptors (Lipinski definition) is 5. The van der Waals surface area contributed by atoms with Crippen molar-refractivity contribution in [3.8, 4) is 0 Å². The third-order valence-electron chi connectivity index (χ3n) is 3.34. The van der Waals surface area contributed by atoms with Crippen molar-refractivity contribution in [1.29, 1.82) is 0 Å². The second-order valence-corrected chi connectivity index (χ2v) is 6.45. The van der Waals surface area contributed by atoms with Gasteiger partial charge in [0.25, 0.3) is 0 Å². The Kier molecular flexibility index (Phi) is 4.32. The molecule has 4 nitrogen and oxygen atoms in total. The Morgan fingerprint density at radius 1 is 1.22 bits per heavy atom. The van der Waals surface area contributed by atoms with Crippen molar-refractivity contribution in [2.75, 3.05) is 11.1 Å². The van der Waals surface area contributed by atoms with Crippen molar-refractivity contribution < 1.29 is 4.79 Å². The predicted octanol–water partition coefficient (Wildman–Crippen LogP) is 4.66. The second kappa shape index (κ2) is 6.40. The number of aryl methyl sites for hydroxylation is 1. The lowest BCUT2D eigenvalue weighted by atomic mass is 10.1. The van der Waals surface area contributed by atoms with E-state index in [0.717, 1.165) is 11.3 Å². The van der Waals surface area contributed by atoms with Gasteiger partial charge < -0.3 is 11.1 Å². The minimum absolute atomic E-state index is 0.128. The first-order valence-corrected chi connectivity index (χ1v) is 8.13. The van der Waals surface area contributed by atoms with Crippen molar-refractivity contribution in [3.05, 3.63) is 69.6 Å². The Hall–Kier alpha value is -2.37. The second-order valence-electron chi connectivity index (χ2n) is 5.01. The van der Waals surface area contributed by atoms with Crippen LogP contribution in [0.2, 0.25) is 5.02 Å². The summed E-state index contributed by atoms with van der Waals surface area (Å²) in [6.45, 7) is 1.96. The molecule has 0 atom stereocenters. The molecule has 2 aromatic carbocycles. The third-order valence-corrected chi connectivity index (χ3v) is 4.56. The molecule has 1 aromatic heterocycles. The van der Waals surface area contributed by atoms with E-state index in [1.165, 1.54) is 11.3 Å². The molecule has 3 aromatic rings. The molecule has 0 saturated heterocycles. The summed E-state index contributed by atoms with van der Waals surface area (Å²) >= 11 is 7.25. The lowest BCUT2D eigenvalue weighted by Crippen LogP contribution is -2.02. The predicted molar refractivity (Wildman–Crippen MR) is 95.9 cm³/mol. The highest BCUT2D eigenvalue weighted by Gasteiger charge is 2.18. The van der Waals surface area contributed by atoms with Gasteiger partial charge in [0.15, 0.2) is 5.13 Å². The number of nitrogens with zero attached hydrogens (tertiary/aromatic N) is 1. The zero-order valence-corrected chi connectivity index (χ0v) is 13.9. The number of hydrogen-bond donors (Lipinski definition) is 2. The van der Waals surface area contributed by atoms with Gasteiger partial charge in [0.1, 0.15) is 10.7 Å². The van der Waals surface area contributed by atoms with E-state index in [0.29, 0.717) is 20.6 Å². The van der Waals surface area contributed by atoms with Gasteiger partial charge in [0.2, 0.25) is 5.78 Å². The fraction of sp³-hybridized carbons (Fsp3) is 0.0588. The van der Waals surface area contributed by atoms with E-state index < -0.39 is 0 Å². The summed E-state index contributed by atoms with van der Waals surface area (Å²) in [7, 11) is 0. The number of ketones is 1. The number of thiazole rings is 1. The van der Waals surface area contributed by atoms with E-state index >= 15 is 0 Å². The van der Waals surface area contributed by atoms with Crippen LogP contribution in [0.3, 0.4) is 0 Å². The number of halogens is 1. The monoisotopic (exact) mass is 343 g/mol. The maximum absolute atomic E-state index is 12.5. The van der Waals surface area contributed by atoms with Crippen LogP contribution in [0.4, 0.5) is 16.6 Å². The number of benzene rings is 2. The van der Waals surface area contributed by atoms with Crippen LogP contribution in [0, 0.1) is 6.92 Å². The van der Waals surface area contributed by atoms with Crippen molar-refractivity contribution >= 4 is 45.4 Å². The molecular formula is C17H14ClN3OS. The van der Waals surface area contributed by atoms with E-state index in [-0.39, 0.29) is 11.6 Å². The summed E-state index contributed by atoms with van der Waals surface area (Å²) in [4.78, 5) is 17.2. The van der Waals surface area contributed by atoms with Crippen molar-refractivity contribution in [2.24, 2.45) is 0 Å². The van der Waals surface area contributed by atoms with E-state index in [2.05, 4.69) is 10.3 Å². The number of nitrogen functional groups attached to an aromatic ring is 1. The van der Waals surface area contributed by atoms with Gasteiger partial charge in [-0.1, -0.05) is 59.3 Å². The van der Waals surface area contributed by atoms with Crippen molar-refractivity contribution in [1.82, 2.24) is 4.98 Å². The van der Waals surface area contributed by atoms with E-state index in [9.17, 15) is 4.79 Å². The lowest BCUT2D eigenvalue weighted by molar-refractivity contribution is 0.104. The van der Waals surface area contributed by atoms with Crippen LogP contribution in [0.15, 0.2) is 48.5 Å².